The largest absolute Gasteiger partial charge is 0.244 e. The van der Waals surface area contributed by atoms with E-state index in [4.69, 9.17) is 5.26 Å². The van der Waals surface area contributed by atoms with Gasteiger partial charge in [0.15, 0.2) is 11.6 Å². The molecule has 98 valence electrons. The fourth-order valence-corrected chi connectivity index (χ4v) is 2.84. The monoisotopic (exact) mass is 274 g/mol. The number of halogens is 2. The summed E-state index contributed by atoms with van der Waals surface area (Å²) in [5.74, 6) is -2.35. The molecule has 0 radical (unpaired) electrons. The summed E-state index contributed by atoms with van der Waals surface area (Å²) in [4.78, 5) is -0.356. The summed E-state index contributed by atoms with van der Waals surface area (Å²) in [6, 6.07) is 4.08. The van der Waals surface area contributed by atoms with Crippen molar-refractivity contribution in [3.05, 3.63) is 29.8 Å². The second kappa shape index (κ2) is 5.89. The molecule has 0 heterocycles. The van der Waals surface area contributed by atoms with Crippen LogP contribution in [0, 0.1) is 23.0 Å². The van der Waals surface area contributed by atoms with E-state index in [1.165, 1.54) is 0 Å². The Morgan fingerprint density at radius 3 is 2.50 bits per heavy atom. The first-order chi connectivity index (χ1) is 8.43. The van der Waals surface area contributed by atoms with E-state index in [0.29, 0.717) is 12.5 Å². The van der Waals surface area contributed by atoms with Gasteiger partial charge in [-0.1, -0.05) is 6.92 Å². The van der Waals surface area contributed by atoms with Crippen molar-refractivity contribution < 1.29 is 17.2 Å². The molecule has 7 heteroatoms. The molecule has 0 aliphatic rings. The molecule has 1 rings (SSSR count). The summed E-state index contributed by atoms with van der Waals surface area (Å²) in [6.07, 6.45) is 0.518. The smallest absolute Gasteiger partial charge is 0.207 e. The Morgan fingerprint density at radius 1 is 1.33 bits per heavy atom. The summed E-state index contributed by atoms with van der Waals surface area (Å²) < 4.78 is 50.8. The van der Waals surface area contributed by atoms with Crippen molar-refractivity contribution in [3.63, 3.8) is 0 Å². The average Bonchev–Trinajstić information content (AvgIpc) is 2.32. The van der Waals surface area contributed by atoms with Crippen molar-refractivity contribution in [2.75, 3.05) is 13.1 Å². The predicted molar refractivity (Wildman–Crippen MR) is 61.0 cm³/mol. The second-order valence-electron chi connectivity index (χ2n) is 3.57. The van der Waals surface area contributed by atoms with Crippen LogP contribution in [-0.2, 0) is 10.0 Å². The summed E-state index contributed by atoms with van der Waals surface area (Å²) in [6.45, 7) is 1.58. The molecule has 0 atom stereocenters. The SMILES string of the molecule is CCCN(CC#N)S(=O)(=O)c1ccc(F)c(F)c1. The van der Waals surface area contributed by atoms with Gasteiger partial charge < -0.3 is 0 Å². The molecular weight excluding hydrogens is 262 g/mol. The van der Waals surface area contributed by atoms with Crippen LogP contribution in [0.15, 0.2) is 23.1 Å². The van der Waals surface area contributed by atoms with Gasteiger partial charge >= 0.3 is 0 Å². The van der Waals surface area contributed by atoms with Crippen LogP contribution in [0.5, 0.6) is 0 Å². The van der Waals surface area contributed by atoms with Gasteiger partial charge in [0.2, 0.25) is 10.0 Å². The lowest BCUT2D eigenvalue weighted by Gasteiger charge is -2.18. The molecule has 4 nitrogen and oxygen atoms in total. The number of nitrogens with zero attached hydrogens (tertiary/aromatic N) is 2. The van der Waals surface area contributed by atoms with E-state index in [1.54, 1.807) is 13.0 Å². The second-order valence-corrected chi connectivity index (χ2v) is 5.51. The third kappa shape index (κ3) is 3.03. The molecule has 0 fully saturated rings. The first kappa shape index (κ1) is 14.5. The Bertz CT molecular complexity index is 567. The maximum absolute atomic E-state index is 13.0. The molecule has 0 aromatic heterocycles. The number of hydrogen-bond donors (Lipinski definition) is 0. The Kier molecular flexibility index (Phi) is 4.76. The lowest BCUT2D eigenvalue weighted by Crippen LogP contribution is -2.32. The maximum Gasteiger partial charge on any atom is 0.244 e. The number of benzene rings is 1. The fraction of sp³-hybridized carbons (Fsp3) is 0.364. The molecule has 0 saturated carbocycles. The molecular formula is C11H12F2N2O2S. The zero-order valence-electron chi connectivity index (χ0n) is 9.73. The van der Waals surface area contributed by atoms with Crippen molar-refractivity contribution in [2.45, 2.75) is 18.2 Å². The van der Waals surface area contributed by atoms with Crippen molar-refractivity contribution in [1.82, 2.24) is 4.31 Å². The maximum atomic E-state index is 13.0. The highest BCUT2D eigenvalue weighted by atomic mass is 32.2. The highest BCUT2D eigenvalue weighted by molar-refractivity contribution is 7.89. The molecule has 0 unspecified atom stereocenters. The molecule has 18 heavy (non-hydrogen) atoms. The minimum atomic E-state index is -3.96. The van der Waals surface area contributed by atoms with Gasteiger partial charge in [-0.15, -0.1) is 0 Å². The summed E-state index contributed by atoms with van der Waals surface area (Å²) in [5, 5.41) is 8.58. The van der Waals surface area contributed by atoms with E-state index in [9.17, 15) is 17.2 Å². The van der Waals surface area contributed by atoms with E-state index in [0.717, 1.165) is 16.4 Å². The average molecular weight is 274 g/mol. The topological polar surface area (TPSA) is 61.2 Å². The molecule has 0 aliphatic carbocycles. The standard InChI is InChI=1S/C11H12F2N2O2S/c1-2-6-15(7-5-14)18(16,17)9-3-4-10(12)11(13)8-9/h3-4,8H,2,6-7H2,1H3. The molecule has 0 amide bonds. The van der Waals surface area contributed by atoms with Gasteiger partial charge in [-0.3, -0.25) is 0 Å². The van der Waals surface area contributed by atoms with Crippen molar-refractivity contribution in [1.29, 1.82) is 5.26 Å². The van der Waals surface area contributed by atoms with Gasteiger partial charge in [0.25, 0.3) is 0 Å². The van der Waals surface area contributed by atoms with Crippen molar-refractivity contribution in [3.8, 4) is 6.07 Å². The number of nitriles is 1. The Hall–Kier alpha value is -1.52. The highest BCUT2D eigenvalue weighted by Crippen LogP contribution is 2.18. The minimum Gasteiger partial charge on any atom is -0.207 e. The zero-order chi connectivity index (χ0) is 13.8. The van der Waals surface area contributed by atoms with Crippen LogP contribution in [0.2, 0.25) is 0 Å². The quantitative estimate of drug-likeness (QED) is 0.770. The van der Waals surface area contributed by atoms with Gasteiger partial charge in [-0.05, 0) is 24.6 Å². The van der Waals surface area contributed by atoms with E-state index < -0.39 is 21.7 Å². The summed E-state index contributed by atoms with van der Waals surface area (Å²) >= 11 is 0. The lowest BCUT2D eigenvalue weighted by atomic mass is 10.3. The molecule has 0 saturated heterocycles. The minimum absolute atomic E-state index is 0.148. The van der Waals surface area contributed by atoms with Gasteiger partial charge in [0, 0.05) is 6.54 Å². The van der Waals surface area contributed by atoms with Crippen LogP contribution >= 0.6 is 0 Å². The van der Waals surface area contributed by atoms with E-state index in [2.05, 4.69) is 0 Å². The van der Waals surface area contributed by atoms with Crippen LogP contribution in [0.1, 0.15) is 13.3 Å². The van der Waals surface area contributed by atoms with Gasteiger partial charge in [0.05, 0.1) is 11.0 Å². The van der Waals surface area contributed by atoms with E-state index in [1.807, 2.05) is 0 Å². The van der Waals surface area contributed by atoms with Crippen LogP contribution in [-0.4, -0.2) is 25.8 Å². The van der Waals surface area contributed by atoms with Gasteiger partial charge in [-0.25, -0.2) is 17.2 Å². The lowest BCUT2D eigenvalue weighted by molar-refractivity contribution is 0.442. The van der Waals surface area contributed by atoms with Crippen LogP contribution in [0.4, 0.5) is 8.78 Å². The van der Waals surface area contributed by atoms with Gasteiger partial charge in [0.1, 0.15) is 6.54 Å². The Balaban J connectivity index is 3.18. The van der Waals surface area contributed by atoms with E-state index >= 15 is 0 Å². The van der Waals surface area contributed by atoms with Crippen LogP contribution in [0.3, 0.4) is 0 Å². The first-order valence-electron chi connectivity index (χ1n) is 5.25. The molecule has 1 aromatic rings. The molecule has 0 spiro atoms. The Labute approximate surface area is 105 Å². The summed E-state index contributed by atoms with van der Waals surface area (Å²) in [5.41, 5.74) is 0. The predicted octanol–water partition coefficient (Wildman–Crippen LogP) is 1.89. The third-order valence-corrected chi connectivity index (χ3v) is 4.09. The normalized spacial score (nSPS) is 11.5. The van der Waals surface area contributed by atoms with Crippen LogP contribution < -0.4 is 0 Å². The molecule has 0 N–H and O–H groups in total. The van der Waals surface area contributed by atoms with Crippen LogP contribution in [0.25, 0.3) is 0 Å². The van der Waals surface area contributed by atoms with Crippen molar-refractivity contribution >= 4 is 10.0 Å². The van der Waals surface area contributed by atoms with Gasteiger partial charge in [-0.2, -0.15) is 9.57 Å². The number of sulfonamides is 1. The number of hydrogen-bond acceptors (Lipinski definition) is 3. The molecule has 1 aromatic carbocycles. The zero-order valence-corrected chi connectivity index (χ0v) is 10.5. The van der Waals surface area contributed by atoms with E-state index in [-0.39, 0.29) is 18.0 Å². The number of rotatable bonds is 5. The highest BCUT2D eigenvalue weighted by Gasteiger charge is 2.24. The fourth-order valence-electron chi connectivity index (χ4n) is 1.40. The Morgan fingerprint density at radius 2 is 2.00 bits per heavy atom. The third-order valence-electron chi connectivity index (χ3n) is 2.25. The molecule has 0 aliphatic heterocycles. The summed E-state index contributed by atoms with van der Waals surface area (Å²) in [7, 11) is -3.96. The first-order valence-corrected chi connectivity index (χ1v) is 6.69. The van der Waals surface area contributed by atoms with Crippen molar-refractivity contribution in [2.24, 2.45) is 0 Å². The molecule has 0 bridgehead atoms.